The maximum absolute atomic E-state index is 13.9. The molecule has 3 heterocycles. The maximum Gasteiger partial charge on any atom is 0.408 e. The zero-order valence-electron chi connectivity index (χ0n) is 22.7. The van der Waals surface area contributed by atoms with Gasteiger partial charge in [-0.1, -0.05) is 72.0 Å². The maximum atomic E-state index is 13.9. The van der Waals surface area contributed by atoms with Gasteiger partial charge in [0.05, 0.1) is 30.2 Å². The van der Waals surface area contributed by atoms with E-state index in [9.17, 15) is 14.4 Å². The third-order valence-electron chi connectivity index (χ3n) is 6.44. The molecule has 1 unspecified atom stereocenters. The van der Waals surface area contributed by atoms with E-state index in [2.05, 4.69) is 10.3 Å². The van der Waals surface area contributed by atoms with Gasteiger partial charge in [0, 0.05) is 18.9 Å². The number of carbonyl (C=O) groups excluding carboxylic acids is 3. The molecular weight excluding hydrogens is 528 g/mol. The zero-order chi connectivity index (χ0) is 28.3. The standard InChI is InChI=1S/C30H32N4O5S/c1-30(2,3)39-29(37)32-26(21-12-8-5-9-13-21)27(36)34-14-15-38-19-23(34)24(35)16-22-17-33-18-25(40-28(33)31-22)20-10-6-4-7-11-20/h4-13,17-18,23,26H,14-16,19H2,1-3H3,(H,32,37)/t23?,26-/m1/s1. The molecule has 208 valence electrons. The molecule has 0 bridgehead atoms. The molecule has 1 N–H and O–H groups in total. The molecule has 2 aromatic carbocycles. The van der Waals surface area contributed by atoms with Gasteiger partial charge < -0.3 is 19.7 Å². The monoisotopic (exact) mass is 560 g/mol. The van der Waals surface area contributed by atoms with Crippen LogP contribution >= 0.6 is 11.3 Å². The molecular formula is C30H32N4O5S. The van der Waals surface area contributed by atoms with Gasteiger partial charge in [-0.3, -0.25) is 14.0 Å². The Morgan fingerprint density at radius 3 is 2.45 bits per heavy atom. The number of carbonyl (C=O) groups is 3. The van der Waals surface area contributed by atoms with Crippen molar-refractivity contribution in [3.8, 4) is 10.4 Å². The first-order chi connectivity index (χ1) is 19.2. The first-order valence-electron chi connectivity index (χ1n) is 13.2. The van der Waals surface area contributed by atoms with Crippen LogP contribution in [0.15, 0.2) is 73.1 Å². The number of hydrogen-bond acceptors (Lipinski definition) is 7. The number of benzene rings is 2. The molecule has 9 nitrogen and oxygen atoms in total. The van der Waals surface area contributed by atoms with E-state index in [0.717, 1.165) is 15.4 Å². The van der Waals surface area contributed by atoms with Crippen molar-refractivity contribution in [3.05, 3.63) is 84.3 Å². The average Bonchev–Trinajstić information content (AvgIpc) is 3.50. The van der Waals surface area contributed by atoms with Crippen LogP contribution in [0.5, 0.6) is 0 Å². The summed E-state index contributed by atoms with van der Waals surface area (Å²) < 4.78 is 13.0. The third kappa shape index (κ3) is 6.40. The van der Waals surface area contributed by atoms with Gasteiger partial charge >= 0.3 is 6.09 Å². The molecule has 5 rings (SSSR count). The number of Topliss-reactive ketones (excluding diaryl/α,β-unsaturated/α-hetero) is 1. The van der Waals surface area contributed by atoms with Crippen LogP contribution in [0.3, 0.4) is 0 Å². The predicted molar refractivity (Wildman–Crippen MR) is 152 cm³/mol. The quantitative estimate of drug-likeness (QED) is 0.353. The number of amides is 2. The van der Waals surface area contributed by atoms with Gasteiger partial charge in [-0.25, -0.2) is 9.78 Å². The zero-order valence-corrected chi connectivity index (χ0v) is 23.5. The van der Waals surface area contributed by atoms with E-state index < -0.39 is 29.7 Å². The van der Waals surface area contributed by atoms with Gasteiger partial charge in [-0.2, -0.15) is 0 Å². The molecule has 0 radical (unpaired) electrons. The topological polar surface area (TPSA) is 102 Å². The largest absolute Gasteiger partial charge is 0.444 e. The fraction of sp³-hybridized carbons (Fsp3) is 0.333. The number of rotatable bonds is 7. The highest BCUT2D eigenvalue weighted by atomic mass is 32.1. The Kier molecular flexibility index (Phi) is 7.99. The number of aromatic nitrogens is 2. The van der Waals surface area contributed by atoms with Crippen LogP contribution in [0.1, 0.15) is 38.1 Å². The highest BCUT2D eigenvalue weighted by Crippen LogP contribution is 2.29. The normalized spacial score (nSPS) is 16.5. The second kappa shape index (κ2) is 11.6. The molecule has 1 fully saturated rings. The van der Waals surface area contributed by atoms with E-state index >= 15 is 0 Å². The van der Waals surface area contributed by atoms with Crippen LogP contribution in [0.4, 0.5) is 4.79 Å². The fourth-order valence-corrected chi connectivity index (χ4v) is 5.61. The van der Waals surface area contributed by atoms with E-state index in [1.807, 2.05) is 53.2 Å². The Balaban J connectivity index is 1.33. The molecule has 0 saturated carbocycles. The third-order valence-corrected chi connectivity index (χ3v) is 7.49. The van der Waals surface area contributed by atoms with Gasteiger partial charge in [0.15, 0.2) is 10.7 Å². The summed E-state index contributed by atoms with van der Waals surface area (Å²) in [5.74, 6) is -0.566. The van der Waals surface area contributed by atoms with Gasteiger partial charge in [0.1, 0.15) is 17.7 Å². The lowest BCUT2D eigenvalue weighted by atomic mass is 10.0. The molecule has 2 amide bonds. The van der Waals surface area contributed by atoms with Crippen LogP contribution in [0.2, 0.25) is 0 Å². The van der Waals surface area contributed by atoms with Crippen LogP contribution in [0, 0.1) is 0 Å². The van der Waals surface area contributed by atoms with E-state index in [0.29, 0.717) is 17.9 Å². The summed E-state index contributed by atoms with van der Waals surface area (Å²) in [5, 5.41) is 2.71. The lowest BCUT2D eigenvalue weighted by Gasteiger charge is -2.37. The Morgan fingerprint density at radius 1 is 1.07 bits per heavy atom. The van der Waals surface area contributed by atoms with Crippen molar-refractivity contribution in [2.24, 2.45) is 0 Å². The number of alkyl carbamates (subject to hydrolysis) is 1. The van der Waals surface area contributed by atoms with Crippen LogP contribution < -0.4 is 5.32 Å². The molecule has 0 spiro atoms. The summed E-state index contributed by atoms with van der Waals surface area (Å²) in [4.78, 5) is 48.1. The SMILES string of the molecule is CC(C)(C)OC(=O)N[C@@H](C(=O)N1CCOCC1C(=O)Cc1cn2cc(-c3ccccc3)sc2n1)c1ccccc1. The number of fused-ring (bicyclic) bond motifs is 1. The average molecular weight is 561 g/mol. The van der Waals surface area contributed by atoms with Crippen molar-refractivity contribution in [2.45, 2.75) is 44.9 Å². The smallest absolute Gasteiger partial charge is 0.408 e. The second-order valence-electron chi connectivity index (χ2n) is 10.6. The van der Waals surface area contributed by atoms with Crippen molar-refractivity contribution in [2.75, 3.05) is 19.8 Å². The molecule has 2 atom stereocenters. The molecule has 0 aliphatic carbocycles. The number of ether oxygens (including phenoxy) is 2. The van der Waals surface area contributed by atoms with Gasteiger partial charge in [-0.15, -0.1) is 0 Å². The second-order valence-corrected chi connectivity index (χ2v) is 11.6. The van der Waals surface area contributed by atoms with Crippen molar-refractivity contribution in [1.29, 1.82) is 0 Å². The van der Waals surface area contributed by atoms with Gasteiger partial charge in [0.2, 0.25) is 0 Å². The van der Waals surface area contributed by atoms with E-state index in [-0.39, 0.29) is 25.4 Å². The van der Waals surface area contributed by atoms with Crippen molar-refractivity contribution < 1.29 is 23.9 Å². The molecule has 4 aromatic rings. The van der Waals surface area contributed by atoms with E-state index in [4.69, 9.17) is 9.47 Å². The molecule has 10 heteroatoms. The van der Waals surface area contributed by atoms with E-state index in [1.54, 1.807) is 56.4 Å². The number of nitrogens with zero attached hydrogens (tertiary/aromatic N) is 3. The predicted octanol–water partition coefficient (Wildman–Crippen LogP) is 4.67. The van der Waals surface area contributed by atoms with Crippen LogP contribution in [-0.4, -0.2) is 63.5 Å². The van der Waals surface area contributed by atoms with Crippen molar-refractivity contribution in [3.63, 3.8) is 0 Å². The lowest BCUT2D eigenvalue weighted by molar-refractivity contribution is -0.149. The Labute approximate surface area is 236 Å². The number of imidazole rings is 1. The molecule has 1 aliphatic heterocycles. The fourth-order valence-electron chi connectivity index (χ4n) is 4.62. The Hall–Kier alpha value is -4.02. The first-order valence-corrected chi connectivity index (χ1v) is 14.0. The van der Waals surface area contributed by atoms with Gasteiger partial charge in [0.25, 0.3) is 5.91 Å². The summed E-state index contributed by atoms with van der Waals surface area (Å²) >= 11 is 1.55. The summed E-state index contributed by atoms with van der Waals surface area (Å²) in [6, 6.07) is 17.2. The van der Waals surface area contributed by atoms with Crippen LogP contribution in [-0.2, 0) is 25.5 Å². The van der Waals surface area contributed by atoms with Gasteiger partial charge in [-0.05, 0) is 31.9 Å². The summed E-state index contributed by atoms with van der Waals surface area (Å²) in [5.41, 5.74) is 1.60. The minimum Gasteiger partial charge on any atom is -0.444 e. The number of nitrogens with one attached hydrogen (secondary N) is 1. The van der Waals surface area contributed by atoms with Crippen LogP contribution in [0.25, 0.3) is 15.4 Å². The Morgan fingerprint density at radius 2 is 1.77 bits per heavy atom. The summed E-state index contributed by atoms with van der Waals surface area (Å²) in [6.07, 6.45) is 3.20. The highest BCUT2D eigenvalue weighted by molar-refractivity contribution is 7.20. The lowest BCUT2D eigenvalue weighted by Crippen LogP contribution is -2.56. The Bertz CT molecular complexity index is 1460. The number of thiazole rings is 1. The van der Waals surface area contributed by atoms with Crippen molar-refractivity contribution in [1.82, 2.24) is 19.6 Å². The highest BCUT2D eigenvalue weighted by Gasteiger charge is 2.38. The molecule has 1 saturated heterocycles. The summed E-state index contributed by atoms with van der Waals surface area (Å²) in [7, 11) is 0. The molecule has 1 aliphatic rings. The minimum absolute atomic E-state index is 0.0579. The van der Waals surface area contributed by atoms with E-state index in [1.165, 1.54) is 4.90 Å². The number of hydrogen-bond donors (Lipinski definition) is 1. The van der Waals surface area contributed by atoms with Crippen molar-refractivity contribution >= 4 is 34.1 Å². The number of ketones is 1. The molecule has 2 aromatic heterocycles. The first kappa shape index (κ1) is 27.5. The summed E-state index contributed by atoms with van der Waals surface area (Å²) in [6.45, 7) is 5.87. The molecule has 40 heavy (non-hydrogen) atoms. The minimum atomic E-state index is -1.01. The number of morpholine rings is 1.